The highest BCUT2D eigenvalue weighted by atomic mass is 19.1. The predicted molar refractivity (Wildman–Crippen MR) is 117 cm³/mol. The Balaban J connectivity index is 1.50. The maximum Gasteiger partial charge on any atom is 0.127 e. The molecule has 4 aromatic rings. The van der Waals surface area contributed by atoms with Crippen molar-refractivity contribution in [1.29, 1.82) is 0 Å². The molecule has 0 unspecified atom stereocenters. The van der Waals surface area contributed by atoms with Crippen molar-refractivity contribution < 1.29 is 9.60 Å². The van der Waals surface area contributed by atoms with Gasteiger partial charge in [-0.25, -0.2) is 9.37 Å². The second-order valence-corrected chi connectivity index (χ2v) is 7.46. The van der Waals surface area contributed by atoms with Crippen molar-refractivity contribution in [2.24, 2.45) is 5.16 Å². The lowest BCUT2D eigenvalue weighted by molar-refractivity contribution is 0.319. The molecule has 5 rings (SSSR count). The molecule has 2 N–H and O–H groups in total. The van der Waals surface area contributed by atoms with Crippen LogP contribution in [0, 0.1) is 5.82 Å². The zero-order valence-electron chi connectivity index (χ0n) is 16.2. The van der Waals surface area contributed by atoms with E-state index < -0.39 is 0 Å². The lowest BCUT2D eigenvalue weighted by Gasteiger charge is -2.16. The van der Waals surface area contributed by atoms with Gasteiger partial charge < -0.3 is 10.5 Å². The van der Waals surface area contributed by atoms with Gasteiger partial charge in [-0.2, -0.15) is 0 Å². The Bertz CT molecular complexity index is 1270. The highest BCUT2D eigenvalue weighted by Gasteiger charge is 2.22. The molecule has 1 aliphatic carbocycles. The largest absolute Gasteiger partial charge is 0.410 e. The second-order valence-electron chi connectivity index (χ2n) is 7.46. The van der Waals surface area contributed by atoms with E-state index in [4.69, 9.17) is 4.98 Å². The SMILES string of the molecule is O/N=C(\c1cccc(F)c1)c1cccc2nc(N[C@@H]3CCc4ccccc43)ccc12. The van der Waals surface area contributed by atoms with Crippen LogP contribution < -0.4 is 5.32 Å². The van der Waals surface area contributed by atoms with Crippen LogP contribution >= 0.6 is 0 Å². The van der Waals surface area contributed by atoms with Crippen LogP contribution in [0.4, 0.5) is 10.2 Å². The van der Waals surface area contributed by atoms with Gasteiger partial charge in [0.2, 0.25) is 0 Å². The molecule has 0 saturated carbocycles. The first-order valence-electron chi connectivity index (χ1n) is 9.95. The van der Waals surface area contributed by atoms with Crippen molar-refractivity contribution >= 4 is 22.4 Å². The third-order valence-electron chi connectivity index (χ3n) is 5.64. The summed E-state index contributed by atoms with van der Waals surface area (Å²) in [4.78, 5) is 4.78. The molecule has 1 aromatic heterocycles. The summed E-state index contributed by atoms with van der Waals surface area (Å²) in [6, 6.07) is 24.3. The Morgan fingerprint density at radius 2 is 1.87 bits per heavy atom. The number of oxime groups is 1. The number of nitrogens with zero attached hydrogens (tertiary/aromatic N) is 2. The van der Waals surface area contributed by atoms with Crippen LogP contribution in [0.5, 0.6) is 0 Å². The van der Waals surface area contributed by atoms with Crippen LogP contribution in [0.2, 0.25) is 0 Å². The van der Waals surface area contributed by atoms with E-state index in [-0.39, 0.29) is 11.9 Å². The summed E-state index contributed by atoms with van der Waals surface area (Å²) in [7, 11) is 0. The van der Waals surface area contributed by atoms with Crippen LogP contribution in [-0.2, 0) is 6.42 Å². The Kier molecular flexibility index (Phi) is 4.64. The number of hydrogen-bond acceptors (Lipinski definition) is 4. The number of anilines is 1. The summed E-state index contributed by atoms with van der Waals surface area (Å²) in [5.74, 6) is 0.421. The smallest absolute Gasteiger partial charge is 0.127 e. The Labute approximate surface area is 173 Å². The summed E-state index contributed by atoms with van der Waals surface area (Å²) in [6.45, 7) is 0. The van der Waals surface area contributed by atoms with Crippen LogP contribution in [0.25, 0.3) is 10.9 Å². The summed E-state index contributed by atoms with van der Waals surface area (Å²) >= 11 is 0. The summed E-state index contributed by atoms with van der Waals surface area (Å²) in [5, 5.41) is 17.5. The fourth-order valence-electron chi connectivity index (χ4n) is 4.23. The van der Waals surface area contributed by atoms with Gasteiger partial charge in [-0.15, -0.1) is 0 Å². The summed E-state index contributed by atoms with van der Waals surface area (Å²) in [6.07, 6.45) is 2.11. The Morgan fingerprint density at radius 1 is 1.00 bits per heavy atom. The van der Waals surface area contributed by atoms with E-state index in [9.17, 15) is 9.60 Å². The van der Waals surface area contributed by atoms with Crippen LogP contribution in [0.1, 0.15) is 34.7 Å². The number of halogens is 1. The molecule has 0 aliphatic heterocycles. The Hall–Kier alpha value is -3.73. The lowest BCUT2D eigenvalue weighted by atomic mass is 9.98. The third kappa shape index (κ3) is 3.28. The molecule has 0 fully saturated rings. The number of aryl methyl sites for hydroxylation is 1. The van der Waals surface area contributed by atoms with Crippen molar-refractivity contribution in [3.8, 4) is 0 Å². The number of benzene rings is 3. The van der Waals surface area contributed by atoms with E-state index >= 15 is 0 Å². The number of rotatable bonds is 4. The van der Waals surface area contributed by atoms with Crippen molar-refractivity contribution in [3.63, 3.8) is 0 Å². The zero-order valence-corrected chi connectivity index (χ0v) is 16.2. The highest BCUT2D eigenvalue weighted by Crippen LogP contribution is 2.33. The summed E-state index contributed by atoms with van der Waals surface area (Å²) < 4.78 is 13.7. The molecule has 5 heteroatoms. The average Bonchev–Trinajstić information content (AvgIpc) is 3.17. The topological polar surface area (TPSA) is 57.5 Å². The van der Waals surface area contributed by atoms with E-state index in [2.05, 4.69) is 34.7 Å². The maximum atomic E-state index is 13.7. The molecule has 30 heavy (non-hydrogen) atoms. The van der Waals surface area contributed by atoms with Gasteiger partial charge in [0.1, 0.15) is 17.3 Å². The van der Waals surface area contributed by atoms with Gasteiger partial charge in [-0.3, -0.25) is 0 Å². The van der Waals surface area contributed by atoms with Crippen molar-refractivity contribution in [3.05, 3.63) is 107 Å². The van der Waals surface area contributed by atoms with Gasteiger partial charge in [-0.1, -0.05) is 53.7 Å². The first-order valence-corrected chi connectivity index (χ1v) is 9.95. The van der Waals surface area contributed by atoms with Crippen molar-refractivity contribution in [1.82, 2.24) is 4.98 Å². The minimum absolute atomic E-state index is 0.246. The van der Waals surface area contributed by atoms with E-state index in [0.29, 0.717) is 16.8 Å². The van der Waals surface area contributed by atoms with E-state index in [1.54, 1.807) is 12.1 Å². The minimum atomic E-state index is -0.379. The van der Waals surface area contributed by atoms with Gasteiger partial charge in [0.15, 0.2) is 0 Å². The van der Waals surface area contributed by atoms with Crippen LogP contribution in [0.15, 0.2) is 84.0 Å². The fourth-order valence-corrected chi connectivity index (χ4v) is 4.23. The molecule has 1 heterocycles. The monoisotopic (exact) mass is 397 g/mol. The maximum absolute atomic E-state index is 13.7. The number of pyridine rings is 1. The molecular formula is C25H20FN3O. The van der Waals surface area contributed by atoms with Gasteiger partial charge in [0.05, 0.1) is 11.6 Å². The van der Waals surface area contributed by atoms with Crippen molar-refractivity contribution in [2.45, 2.75) is 18.9 Å². The van der Waals surface area contributed by atoms with Gasteiger partial charge in [0.25, 0.3) is 0 Å². The first-order chi connectivity index (χ1) is 14.7. The second kappa shape index (κ2) is 7.59. The molecular weight excluding hydrogens is 377 g/mol. The normalized spacial score (nSPS) is 15.9. The molecule has 148 valence electrons. The molecule has 0 spiro atoms. The van der Waals surface area contributed by atoms with E-state index in [1.165, 1.54) is 23.3 Å². The standard InChI is InChI=1S/C25H20FN3O/c26-18-7-3-6-17(15-18)25(29-30)21-9-4-10-22-20(21)12-14-24(27-22)28-23-13-11-16-5-1-2-8-19(16)23/h1-10,12,14-15,23,30H,11,13H2,(H,27,28)/b29-25+/t23-/m1/s1. The van der Waals surface area contributed by atoms with Gasteiger partial charge >= 0.3 is 0 Å². The molecule has 1 aliphatic rings. The number of fused-ring (bicyclic) bond motifs is 2. The zero-order chi connectivity index (χ0) is 20.5. The molecule has 0 bridgehead atoms. The summed E-state index contributed by atoms with van der Waals surface area (Å²) in [5.41, 5.74) is 5.01. The van der Waals surface area contributed by atoms with E-state index in [0.717, 1.165) is 29.6 Å². The lowest BCUT2D eigenvalue weighted by Crippen LogP contribution is -2.09. The Morgan fingerprint density at radius 3 is 2.73 bits per heavy atom. The molecule has 0 amide bonds. The molecule has 0 saturated heterocycles. The predicted octanol–water partition coefficient (Wildman–Crippen LogP) is 5.70. The van der Waals surface area contributed by atoms with Gasteiger partial charge in [-0.05, 0) is 54.3 Å². The van der Waals surface area contributed by atoms with Crippen LogP contribution in [0.3, 0.4) is 0 Å². The quantitative estimate of drug-likeness (QED) is 0.264. The number of nitrogens with one attached hydrogen (secondary N) is 1. The fraction of sp³-hybridized carbons (Fsp3) is 0.120. The molecule has 4 nitrogen and oxygen atoms in total. The van der Waals surface area contributed by atoms with Gasteiger partial charge in [0, 0.05) is 16.5 Å². The van der Waals surface area contributed by atoms with Crippen LogP contribution in [-0.4, -0.2) is 15.9 Å². The average molecular weight is 397 g/mol. The first kappa shape index (κ1) is 18.3. The molecule has 3 aromatic carbocycles. The highest BCUT2D eigenvalue weighted by molar-refractivity contribution is 6.18. The van der Waals surface area contributed by atoms with Crippen molar-refractivity contribution in [2.75, 3.05) is 5.32 Å². The number of aromatic nitrogens is 1. The molecule has 1 atom stereocenters. The van der Waals surface area contributed by atoms with E-state index in [1.807, 2.05) is 30.3 Å². The molecule has 0 radical (unpaired) electrons. The number of hydrogen-bond donors (Lipinski definition) is 2. The third-order valence-corrected chi connectivity index (χ3v) is 5.64. The minimum Gasteiger partial charge on any atom is -0.410 e.